The van der Waals surface area contributed by atoms with Crippen molar-refractivity contribution in [3.8, 4) is 0 Å². The smallest absolute Gasteiger partial charge is 0.0797 e. The summed E-state index contributed by atoms with van der Waals surface area (Å²) < 4.78 is 0. The Balaban J connectivity index is 2.77. The minimum Gasteiger partial charge on any atom is -0.232 e. The summed E-state index contributed by atoms with van der Waals surface area (Å²) in [6, 6.07) is 0. The highest BCUT2D eigenvalue weighted by atomic mass is 35.5. The number of rotatable bonds is 0. The number of nitrogens with zero attached hydrogens (tertiary/aromatic N) is 1. The van der Waals surface area contributed by atoms with E-state index < -0.39 is 0 Å². The van der Waals surface area contributed by atoms with Crippen LogP contribution in [-0.2, 0) is 13.1 Å². The lowest BCUT2D eigenvalue weighted by molar-refractivity contribution is 0.746. The Kier molecular flexibility index (Phi) is 2.65. The van der Waals surface area contributed by atoms with E-state index in [1.54, 1.807) is 0 Å². The number of hydrogen-bond acceptors (Lipinski definition) is 0. The molecule has 0 saturated carbocycles. The highest BCUT2D eigenvalue weighted by molar-refractivity contribution is 6.52. The van der Waals surface area contributed by atoms with Gasteiger partial charge in [0.2, 0.25) is 0 Å². The Hall–Kier alpha value is 0.340. The molecule has 0 saturated heterocycles. The normalized spacial score (nSPS) is 14.8. The van der Waals surface area contributed by atoms with Gasteiger partial charge in [-0.05, 0) is 11.1 Å². The molecule has 1 nitrogen and oxygen atoms in total. The maximum absolute atomic E-state index is 5.98. The van der Waals surface area contributed by atoms with Gasteiger partial charge in [-0.15, -0.1) is 0 Å². The Morgan fingerprint density at radius 3 is 1.46 bits per heavy atom. The molecule has 0 fully saturated rings. The highest BCUT2D eigenvalue weighted by Crippen LogP contribution is 2.43. The van der Waals surface area contributed by atoms with Crippen LogP contribution in [-0.4, -0.2) is 0 Å². The second-order valence-electron chi connectivity index (χ2n) is 2.75. The molecule has 2 rings (SSSR count). The molecular weight excluding hydrogens is 252 g/mol. The van der Waals surface area contributed by atoms with Gasteiger partial charge in [-0.1, -0.05) is 46.4 Å². The van der Waals surface area contributed by atoms with E-state index >= 15 is 0 Å². The quantitative estimate of drug-likeness (QED) is 0.493. The van der Waals surface area contributed by atoms with E-state index in [-0.39, 0.29) is 0 Å². The van der Waals surface area contributed by atoms with Crippen LogP contribution in [0.4, 0.5) is 0 Å². The summed E-state index contributed by atoms with van der Waals surface area (Å²) in [6.45, 7) is 1.15. The zero-order valence-electron chi connectivity index (χ0n) is 6.37. The SMILES string of the molecule is Clc1c(Cl)c(Cl)c2c(c1Cl)C[N]C2. The van der Waals surface area contributed by atoms with Gasteiger partial charge in [0.1, 0.15) is 0 Å². The molecular formula is C8H4Cl4N. The van der Waals surface area contributed by atoms with Crippen molar-refractivity contribution < 1.29 is 0 Å². The number of hydrogen-bond donors (Lipinski definition) is 0. The molecule has 0 spiro atoms. The first-order chi connectivity index (χ1) is 6.13. The standard InChI is InChI=1S/C8H4Cl4N/c9-5-3-1-13-2-4(3)6(10)8(12)7(5)11/h1-2H2. The van der Waals surface area contributed by atoms with Crippen LogP contribution in [0, 0.1) is 0 Å². The third-order valence-electron chi connectivity index (χ3n) is 2.01. The molecule has 0 aliphatic carbocycles. The van der Waals surface area contributed by atoms with Gasteiger partial charge in [0, 0.05) is 13.1 Å². The minimum absolute atomic E-state index is 0.323. The second-order valence-corrected chi connectivity index (χ2v) is 4.26. The van der Waals surface area contributed by atoms with Crippen LogP contribution in [0.3, 0.4) is 0 Å². The van der Waals surface area contributed by atoms with Crippen LogP contribution >= 0.6 is 46.4 Å². The average Bonchev–Trinajstić information content (AvgIpc) is 2.59. The Labute approximate surface area is 95.9 Å². The van der Waals surface area contributed by atoms with Gasteiger partial charge >= 0.3 is 0 Å². The van der Waals surface area contributed by atoms with E-state index in [0.717, 1.165) is 11.1 Å². The molecule has 0 unspecified atom stereocenters. The summed E-state index contributed by atoms with van der Waals surface area (Å²) in [5.41, 5.74) is 1.81. The van der Waals surface area contributed by atoms with Gasteiger partial charge in [-0.2, -0.15) is 0 Å². The molecule has 13 heavy (non-hydrogen) atoms. The first-order valence-corrected chi connectivity index (χ1v) is 5.11. The van der Waals surface area contributed by atoms with Gasteiger partial charge in [0.15, 0.2) is 0 Å². The van der Waals surface area contributed by atoms with Crippen molar-refractivity contribution in [3.63, 3.8) is 0 Å². The van der Waals surface area contributed by atoms with E-state index in [0.29, 0.717) is 33.2 Å². The minimum atomic E-state index is 0.323. The molecule has 0 N–H and O–H groups in total. The average molecular weight is 256 g/mol. The van der Waals surface area contributed by atoms with Crippen LogP contribution in [0.15, 0.2) is 0 Å². The van der Waals surface area contributed by atoms with E-state index in [9.17, 15) is 0 Å². The first-order valence-electron chi connectivity index (χ1n) is 3.60. The number of halogens is 4. The fraction of sp³-hybridized carbons (Fsp3) is 0.250. The highest BCUT2D eigenvalue weighted by Gasteiger charge is 2.23. The van der Waals surface area contributed by atoms with Crippen LogP contribution in [0.1, 0.15) is 11.1 Å². The van der Waals surface area contributed by atoms with E-state index in [2.05, 4.69) is 5.32 Å². The lowest BCUT2D eigenvalue weighted by Crippen LogP contribution is -1.89. The maximum Gasteiger partial charge on any atom is 0.0797 e. The molecule has 0 amide bonds. The Morgan fingerprint density at radius 2 is 1.08 bits per heavy atom. The summed E-state index contributed by atoms with van der Waals surface area (Å²) in [6.07, 6.45) is 0. The van der Waals surface area contributed by atoms with Crippen LogP contribution in [0.25, 0.3) is 0 Å². The van der Waals surface area contributed by atoms with E-state index in [4.69, 9.17) is 46.4 Å². The molecule has 1 aromatic rings. The fourth-order valence-electron chi connectivity index (χ4n) is 1.33. The monoisotopic (exact) mass is 254 g/mol. The third-order valence-corrected chi connectivity index (χ3v) is 3.89. The molecule has 1 aliphatic heterocycles. The van der Waals surface area contributed by atoms with E-state index in [1.165, 1.54) is 0 Å². The molecule has 1 heterocycles. The molecule has 1 aromatic carbocycles. The molecule has 1 radical (unpaired) electrons. The summed E-state index contributed by atoms with van der Waals surface area (Å²) in [7, 11) is 0. The summed E-state index contributed by atoms with van der Waals surface area (Å²) in [4.78, 5) is 0. The topological polar surface area (TPSA) is 14.1 Å². The lowest BCUT2D eigenvalue weighted by atomic mass is 10.1. The van der Waals surface area contributed by atoms with Gasteiger partial charge in [-0.3, -0.25) is 0 Å². The Bertz CT molecular complexity index is 340. The van der Waals surface area contributed by atoms with Crippen molar-refractivity contribution in [3.05, 3.63) is 31.2 Å². The summed E-state index contributed by atoms with van der Waals surface area (Å²) in [5.74, 6) is 0. The molecule has 0 bridgehead atoms. The first kappa shape index (κ1) is 9.88. The zero-order valence-corrected chi connectivity index (χ0v) is 9.40. The molecule has 0 atom stereocenters. The van der Waals surface area contributed by atoms with Crippen molar-refractivity contribution >= 4 is 46.4 Å². The van der Waals surface area contributed by atoms with Gasteiger partial charge in [0.25, 0.3) is 0 Å². The number of fused-ring (bicyclic) bond motifs is 1. The molecule has 0 aromatic heterocycles. The largest absolute Gasteiger partial charge is 0.232 e. The fourth-order valence-corrected chi connectivity index (χ4v) is 2.38. The molecule has 1 aliphatic rings. The molecule has 69 valence electrons. The van der Waals surface area contributed by atoms with Gasteiger partial charge in [-0.25, -0.2) is 5.32 Å². The zero-order chi connectivity index (χ0) is 9.59. The van der Waals surface area contributed by atoms with Gasteiger partial charge in [0.05, 0.1) is 20.1 Å². The third kappa shape index (κ3) is 1.43. The van der Waals surface area contributed by atoms with Crippen molar-refractivity contribution in [2.75, 3.05) is 0 Å². The second kappa shape index (κ2) is 3.48. The predicted molar refractivity (Wildman–Crippen MR) is 56.0 cm³/mol. The van der Waals surface area contributed by atoms with Gasteiger partial charge < -0.3 is 0 Å². The maximum atomic E-state index is 5.98. The predicted octanol–water partition coefficient (Wildman–Crippen LogP) is 3.92. The summed E-state index contributed by atoms with van der Waals surface area (Å²) >= 11 is 23.7. The molecule has 5 heteroatoms. The van der Waals surface area contributed by atoms with Crippen molar-refractivity contribution in [1.29, 1.82) is 0 Å². The number of benzene rings is 1. The van der Waals surface area contributed by atoms with Crippen molar-refractivity contribution in [2.45, 2.75) is 13.1 Å². The van der Waals surface area contributed by atoms with Crippen molar-refractivity contribution in [2.24, 2.45) is 0 Å². The van der Waals surface area contributed by atoms with E-state index in [1.807, 2.05) is 0 Å². The van der Waals surface area contributed by atoms with Crippen molar-refractivity contribution in [1.82, 2.24) is 5.32 Å². The Morgan fingerprint density at radius 1 is 0.692 bits per heavy atom. The van der Waals surface area contributed by atoms with Crippen LogP contribution in [0.5, 0.6) is 0 Å². The van der Waals surface area contributed by atoms with Crippen LogP contribution in [0.2, 0.25) is 20.1 Å². The summed E-state index contributed by atoms with van der Waals surface area (Å²) in [5, 5.41) is 5.77. The lowest BCUT2D eigenvalue weighted by Gasteiger charge is -2.08. The van der Waals surface area contributed by atoms with Crippen LogP contribution < -0.4 is 5.32 Å².